The second kappa shape index (κ2) is 3.78. The quantitative estimate of drug-likeness (QED) is 0.457. The minimum atomic E-state index is -0.0341. The molecule has 2 nitrogen and oxygen atoms in total. The molecule has 0 amide bonds. The number of hydrogen-bond acceptors (Lipinski definition) is 2. The fourth-order valence-corrected chi connectivity index (χ4v) is 1.23. The summed E-state index contributed by atoms with van der Waals surface area (Å²) in [5, 5.41) is 3.14. The highest BCUT2D eigenvalue weighted by molar-refractivity contribution is 7.96. The average molecular weight is 157 g/mol. The molecule has 0 unspecified atom stereocenters. The van der Waals surface area contributed by atoms with Gasteiger partial charge in [0.15, 0.2) is 5.12 Å². The van der Waals surface area contributed by atoms with Crippen LogP contribution < -0.4 is 5.32 Å². The molecular formula is C7H11NOS. The molecule has 0 saturated heterocycles. The predicted molar refractivity (Wildman–Crippen MR) is 44.2 cm³/mol. The molecule has 0 fully saturated rings. The van der Waals surface area contributed by atoms with Gasteiger partial charge < -0.3 is 5.32 Å². The normalized spacial score (nSPS) is 18.3. The average Bonchev–Trinajstić information content (AvgIpc) is 1.88. The molecule has 1 aliphatic heterocycles. The molecule has 10 heavy (non-hydrogen) atoms. The summed E-state index contributed by atoms with van der Waals surface area (Å²) in [5.74, 6) is 0. The van der Waals surface area contributed by atoms with Crippen molar-refractivity contribution in [2.45, 2.75) is 12.8 Å². The minimum Gasteiger partial charge on any atom is -0.313 e. The van der Waals surface area contributed by atoms with Crippen LogP contribution in [0.1, 0.15) is 12.8 Å². The molecule has 0 aromatic carbocycles. The van der Waals surface area contributed by atoms with Gasteiger partial charge in [-0.25, -0.2) is 0 Å². The van der Waals surface area contributed by atoms with Crippen LogP contribution in [0.25, 0.3) is 0 Å². The molecule has 1 heterocycles. The maximum Gasteiger partial charge on any atom is 0.189 e. The van der Waals surface area contributed by atoms with Gasteiger partial charge in [0.2, 0.25) is 0 Å². The van der Waals surface area contributed by atoms with Gasteiger partial charge in [-0.2, -0.15) is 0 Å². The van der Waals surface area contributed by atoms with E-state index in [0.29, 0.717) is 6.42 Å². The van der Waals surface area contributed by atoms with Crippen molar-refractivity contribution in [1.82, 2.24) is 5.32 Å². The predicted octanol–water partition coefficient (Wildman–Crippen LogP) is 0.753. The molecular weight excluding hydrogens is 146 g/mol. The lowest BCUT2D eigenvalue weighted by Crippen LogP contribution is -2.20. The molecule has 56 valence electrons. The largest absolute Gasteiger partial charge is 0.313 e. The van der Waals surface area contributed by atoms with Gasteiger partial charge in [0.25, 0.3) is 0 Å². The third-order valence-electron chi connectivity index (χ3n) is 1.54. The van der Waals surface area contributed by atoms with Crippen LogP contribution in [0.15, 0.2) is 11.6 Å². The van der Waals surface area contributed by atoms with Gasteiger partial charge in [0, 0.05) is 13.0 Å². The van der Waals surface area contributed by atoms with E-state index in [9.17, 15) is 4.79 Å². The Hall–Kier alpha value is -0.280. The van der Waals surface area contributed by atoms with Gasteiger partial charge in [-0.3, -0.25) is 4.79 Å². The van der Waals surface area contributed by atoms with Gasteiger partial charge in [0.05, 0.1) is 0 Å². The highest BCUT2D eigenvalue weighted by Crippen LogP contribution is 2.10. The van der Waals surface area contributed by atoms with E-state index in [1.54, 1.807) is 0 Å². The maximum absolute atomic E-state index is 10.5. The second-order valence-electron chi connectivity index (χ2n) is 2.39. The molecule has 0 aromatic heterocycles. The number of nitrogens with one attached hydrogen (secondary N) is 1. The van der Waals surface area contributed by atoms with E-state index < -0.39 is 0 Å². The van der Waals surface area contributed by atoms with E-state index in [-0.39, 0.29) is 5.12 Å². The van der Waals surface area contributed by atoms with Gasteiger partial charge in [-0.05, 0) is 13.0 Å². The van der Waals surface area contributed by atoms with E-state index in [1.807, 2.05) is 0 Å². The van der Waals surface area contributed by atoms with Crippen LogP contribution in [0, 0.1) is 0 Å². The summed E-state index contributed by atoms with van der Waals surface area (Å²) in [7, 11) is 0. The van der Waals surface area contributed by atoms with Crippen LogP contribution in [-0.4, -0.2) is 18.2 Å². The molecule has 0 radical (unpaired) electrons. The third kappa shape index (κ3) is 2.54. The van der Waals surface area contributed by atoms with Crippen molar-refractivity contribution in [2.75, 3.05) is 13.1 Å². The van der Waals surface area contributed by atoms with E-state index in [4.69, 9.17) is 0 Å². The van der Waals surface area contributed by atoms with Crippen molar-refractivity contribution in [3.63, 3.8) is 0 Å². The Morgan fingerprint density at radius 3 is 3.10 bits per heavy atom. The van der Waals surface area contributed by atoms with E-state index in [1.165, 1.54) is 5.57 Å². The third-order valence-corrected chi connectivity index (χ3v) is 1.69. The Labute approximate surface area is 66.1 Å². The molecule has 3 heteroatoms. The molecule has 1 N–H and O–H groups in total. The second-order valence-corrected chi connectivity index (χ2v) is 2.89. The molecule has 0 aromatic rings. The first kappa shape index (κ1) is 7.82. The van der Waals surface area contributed by atoms with Crippen molar-refractivity contribution in [3.05, 3.63) is 11.6 Å². The van der Waals surface area contributed by atoms with Crippen molar-refractivity contribution in [1.29, 1.82) is 0 Å². The first-order chi connectivity index (χ1) is 4.79. The van der Waals surface area contributed by atoms with E-state index >= 15 is 0 Å². The summed E-state index contributed by atoms with van der Waals surface area (Å²) >= 11 is 3.71. The number of rotatable bonds is 2. The Morgan fingerprint density at radius 1 is 1.80 bits per heavy atom. The number of hydrogen-bond donors (Lipinski definition) is 2. The first-order valence-corrected chi connectivity index (χ1v) is 3.84. The Kier molecular flexibility index (Phi) is 2.96. The molecule has 0 aliphatic carbocycles. The van der Waals surface area contributed by atoms with Gasteiger partial charge in [-0.15, -0.1) is 12.6 Å². The zero-order valence-corrected chi connectivity index (χ0v) is 6.66. The maximum atomic E-state index is 10.5. The van der Waals surface area contributed by atoms with Crippen LogP contribution in [0.2, 0.25) is 0 Å². The zero-order chi connectivity index (χ0) is 7.40. The van der Waals surface area contributed by atoms with E-state index in [2.05, 4.69) is 24.0 Å². The summed E-state index contributed by atoms with van der Waals surface area (Å²) in [5.41, 5.74) is 1.22. The number of carbonyl (C=O) groups excluding carboxylic acids is 1. The highest BCUT2D eigenvalue weighted by atomic mass is 32.1. The Bertz CT molecular complexity index is 165. The number of carbonyl (C=O) groups is 1. The van der Waals surface area contributed by atoms with Gasteiger partial charge in [0.1, 0.15) is 0 Å². The fourth-order valence-electron chi connectivity index (χ4n) is 1.02. The number of thiol groups is 1. The van der Waals surface area contributed by atoms with Crippen LogP contribution in [0.4, 0.5) is 0 Å². The van der Waals surface area contributed by atoms with Gasteiger partial charge >= 0.3 is 0 Å². The monoisotopic (exact) mass is 157 g/mol. The van der Waals surface area contributed by atoms with Crippen LogP contribution in [-0.2, 0) is 4.79 Å². The lowest BCUT2D eigenvalue weighted by atomic mass is 10.1. The smallest absolute Gasteiger partial charge is 0.189 e. The summed E-state index contributed by atoms with van der Waals surface area (Å²) in [6.45, 7) is 1.89. The summed E-state index contributed by atoms with van der Waals surface area (Å²) in [4.78, 5) is 10.5. The van der Waals surface area contributed by atoms with Crippen molar-refractivity contribution >= 4 is 17.7 Å². The van der Waals surface area contributed by atoms with Crippen LogP contribution in [0.5, 0.6) is 0 Å². The Morgan fingerprint density at radius 2 is 2.60 bits per heavy atom. The summed E-state index contributed by atoms with van der Waals surface area (Å²) in [6, 6.07) is 0. The lowest BCUT2D eigenvalue weighted by Gasteiger charge is -2.11. The highest BCUT2D eigenvalue weighted by Gasteiger charge is 2.04. The SMILES string of the molecule is O=C(S)CC1=CCNCC1. The minimum absolute atomic E-state index is 0.0341. The molecule has 0 saturated carbocycles. The molecule has 0 spiro atoms. The topological polar surface area (TPSA) is 29.1 Å². The van der Waals surface area contributed by atoms with Crippen molar-refractivity contribution < 1.29 is 4.79 Å². The van der Waals surface area contributed by atoms with Gasteiger partial charge in [-0.1, -0.05) is 11.6 Å². The molecule has 1 rings (SSSR count). The van der Waals surface area contributed by atoms with Crippen LogP contribution >= 0.6 is 12.6 Å². The summed E-state index contributed by atoms with van der Waals surface area (Å²) < 4.78 is 0. The zero-order valence-electron chi connectivity index (χ0n) is 5.76. The first-order valence-electron chi connectivity index (χ1n) is 3.39. The molecule has 1 aliphatic rings. The summed E-state index contributed by atoms with van der Waals surface area (Å²) in [6.07, 6.45) is 3.58. The molecule has 0 bridgehead atoms. The molecule has 0 atom stereocenters. The lowest BCUT2D eigenvalue weighted by molar-refractivity contribution is -0.110. The van der Waals surface area contributed by atoms with Crippen LogP contribution in [0.3, 0.4) is 0 Å². The standard InChI is InChI=1S/C7H11NOS/c9-7(10)5-6-1-3-8-4-2-6/h1,8H,2-5H2,(H,9,10). The van der Waals surface area contributed by atoms with Crippen molar-refractivity contribution in [3.8, 4) is 0 Å². The van der Waals surface area contributed by atoms with Crippen molar-refractivity contribution in [2.24, 2.45) is 0 Å². The Balaban J connectivity index is 2.38. The van der Waals surface area contributed by atoms with E-state index in [0.717, 1.165) is 19.5 Å². The fraction of sp³-hybridized carbons (Fsp3) is 0.571.